The Morgan fingerprint density at radius 3 is 2.26 bits per heavy atom. The van der Waals surface area contributed by atoms with Crippen LogP contribution in [0.2, 0.25) is 5.02 Å². The van der Waals surface area contributed by atoms with Crippen molar-refractivity contribution in [2.45, 2.75) is 45.4 Å². The van der Waals surface area contributed by atoms with E-state index in [1.165, 1.54) is 0 Å². The van der Waals surface area contributed by atoms with Gasteiger partial charge in [0.2, 0.25) is 0 Å². The second-order valence-electron chi connectivity index (χ2n) is 7.73. The Morgan fingerprint density at radius 1 is 1.03 bits per heavy atom. The topological polar surface area (TPSA) is 114 Å². The second-order valence-corrected chi connectivity index (χ2v) is 8.14. The summed E-state index contributed by atoms with van der Waals surface area (Å²) in [6.07, 6.45) is -1.41. The Balaban J connectivity index is 1.89. The zero-order valence-electron chi connectivity index (χ0n) is 17.5. The van der Waals surface area contributed by atoms with Gasteiger partial charge in [-0.05, 0) is 44.5 Å². The molecule has 2 rings (SSSR count). The molecule has 2 aromatic carbocycles. The van der Waals surface area contributed by atoms with Crippen LogP contribution in [0, 0.1) is 0 Å². The number of alkyl carbamates (subject to hydrolysis) is 1. The monoisotopic (exact) mass is 448 g/mol. The maximum Gasteiger partial charge on any atom is 0.411 e. The van der Waals surface area contributed by atoms with Gasteiger partial charge in [-0.15, -0.1) is 0 Å². The number of carbonyl (C=O) groups excluding carboxylic acids is 2. The van der Waals surface area contributed by atoms with Gasteiger partial charge in [0, 0.05) is 22.7 Å². The first kappa shape index (κ1) is 24.0. The van der Waals surface area contributed by atoms with Gasteiger partial charge in [0.05, 0.1) is 0 Å². The number of ether oxygens (including phenoxy) is 2. The van der Waals surface area contributed by atoms with Crippen LogP contribution in [0.15, 0.2) is 48.5 Å². The number of benzene rings is 2. The predicted octanol–water partition coefficient (Wildman–Crippen LogP) is 4.61. The molecule has 0 aromatic heterocycles. The molecule has 0 radical (unpaired) electrons. The minimum Gasteiger partial charge on any atom is -0.480 e. The average molecular weight is 449 g/mol. The van der Waals surface area contributed by atoms with E-state index in [0.717, 1.165) is 0 Å². The van der Waals surface area contributed by atoms with Crippen molar-refractivity contribution in [1.29, 1.82) is 0 Å². The summed E-state index contributed by atoms with van der Waals surface area (Å²) in [6.45, 7) is 5.09. The average Bonchev–Trinajstić information content (AvgIpc) is 2.67. The third kappa shape index (κ3) is 8.55. The molecule has 3 N–H and O–H groups in total. The molecule has 166 valence electrons. The van der Waals surface area contributed by atoms with Gasteiger partial charge in [-0.1, -0.05) is 41.9 Å². The van der Waals surface area contributed by atoms with E-state index in [1.54, 1.807) is 69.3 Å². The van der Waals surface area contributed by atoms with Crippen molar-refractivity contribution in [2.24, 2.45) is 0 Å². The van der Waals surface area contributed by atoms with Crippen LogP contribution in [0.25, 0.3) is 0 Å². The standard InChI is InChI=1S/C22H25ClN2O6/c1-22(2,3)31-21(29)25-18(19(26)27)12-14-8-10-16(11-9-14)24-20(28)30-13-15-6-4-5-7-17(15)23/h4-11,18H,12-13H2,1-3H3,(H,24,28)(H,25,29)(H,26,27). The molecule has 8 nitrogen and oxygen atoms in total. The second kappa shape index (κ2) is 10.7. The van der Waals surface area contributed by atoms with Crippen molar-refractivity contribution in [2.75, 3.05) is 5.32 Å². The lowest BCUT2D eigenvalue weighted by molar-refractivity contribution is -0.139. The number of nitrogens with one attached hydrogen (secondary N) is 2. The Morgan fingerprint density at radius 2 is 1.68 bits per heavy atom. The summed E-state index contributed by atoms with van der Waals surface area (Å²) in [4.78, 5) is 35.3. The van der Waals surface area contributed by atoms with E-state index in [2.05, 4.69) is 10.6 Å². The molecule has 2 amide bonds. The van der Waals surface area contributed by atoms with Crippen molar-refractivity contribution >= 4 is 35.4 Å². The van der Waals surface area contributed by atoms with Crippen LogP contribution in [0.5, 0.6) is 0 Å². The van der Waals surface area contributed by atoms with Gasteiger partial charge in [0.15, 0.2) is 0 Å². The van der Waals surface area contributed by atoms with Crippen molar-refractivity contribution in [3.63, 3.8) is 0 Å². The van der Waals surface area contributed by atoms with Gasteiger partial charge in [-0.2, -0.15) is 0 Å². The van der Waals surface area contributed by atoms with E-state index in [9.17, 15) is 19.5 Å². The highest BCUT2D eigenvalue weighted by atomic mass is 35.5. The van der Waals surface area contributed by atoms with E-state index in [4.69, 9.17) is 21.1 Å². The number of hydrogen-bond acceptors (Lipinski definition) is 5. The number of rotatable bonds is 7. The van der Waals surface area contributed by atoms with Crippen molar-refractivity contribution in [3.05, 3.63) is 64.7 Å². The number of anilines is 1. The normalized spacial score (nSPS) is 11.9. The number of carbonyl (C=O) groups is 3. The number of halogens is 1. The maximum absolute atomic E-state index is 12.0. The van der Waals surface area contributed by atoms with E-state index in [-0.39, 0.29) is 13.0 Å². The quantitative estimate of drug-likeness (QED) is 0.570. The first-order valence-electron chi connectivity index (χ1n) is 9.52. The highest BCUT2D eigenvalue weighted by Gasteiger charge is 2.24. The molecular formula is C22H25ClN2O6. The Labute approximate surface area is 185 Å². The van der Waals surface area contributed by atoms with Crippen molar-refractivity contribution in [3.8, 4) is 0 Å². The van der Waals surface area contributed by atoms with Gasteiger partial charge in [-0.25, -0.2) is 14.4 Å². The van der Waals surface area contributed by atoms with Crippen LogP contribution in [0.4, 0.5) is 15.3 Å². The van der Waals surface area contributed by atoms with Crippen LogP contribution in [-0.4, -0.2) is 34.9 Å². The molecule has 0 aliphatic rings. The van der Waals surface area contributed by atoms with E-state index in [1.807, 2.05) is 0 Å². The Bertz CT molecular complexity index is 924. The van der Waals surface area contributed by atoms with Crippen LogP contribution in [-0.2, 0) is 27.3 Å². The fourth-order valence-electron chi connectivity index (χ4n) is 2.52. The minimum atomic E-state index is -1.18. The fourth-order valence-corrected chi connectivity index (χ4v) is 2.71. The molecule has 0 aliphatic heterocycles. The van der Waals surface area contributed by atoms with Crippen LogP contribution in [0.3, 0.4) is 0 Å². The molecule has 0 spiro atoms. The van der Waals surface area contributed by atoms with Gasteiger partial charge in [0.25, 0.3) is 0 Å². The molecule has 1 atom stereocenters. The molecular weight excluding hydrogens is 424 g/mol. The zero-order valence-corrected chi connectivity index (χ0v) is 18.2. The SMILES string of the molecule is CC(C)(C)OC(=O)NC(Cc1ccc(NC(=O)OCc2ccccc2Cl)cc1)C(=O)O. The highest BCUT2D eigenvalue weighted by molar-refractivity contribution is 6.31. The predicted molar refractivity (Wildman–Crippen MR) is 116 cm³/mol. The summed E-state index contributed by atoms with van der Waals surface area (Å²) in [5, 5.41) is 14.8. The first-order chi connectivity index (χ1) is 14.5. The van der Waals surface area contributed by atoms with Gasteiger partial charge < -0.3 is 19.9 Å². The van der Waals surface area contributed by atoms with Gasteiger partial charge in [-0.3, -0.25) is 5.32 Å². The van der Waals surface area contributed by atoms with Gasteiger partial charge >= 0.3 is 18.2 Å². The van der Waals surface area contributed by atoms with E-state index in [0.29, 0.717) is 21.8 Å². The minimum absolute atomic E-state index is 0.0280. The molecule has 31 heavy (non-hydrogen) atoms. The van der Waals surface area contributed by atoms with Gasteiger partial charge in [0.1, 0.15) is 18.2 Å². The summed E-state index contributed by atoms with van der Waals surface area (Å²) >= 11 is 6.02. The van der Waals surface area contributed by atoms with Crippen LogP contribution < -0.4 is 10.6 Å². The summed E-state index contributed by atoms with van der Waals surface area (Å²) in [7, 11) is 0. The number of amides is 2. The molecule has 0 saturated carbocycles. The maximum atomic E-state index is 12.0. The lowest BCUT2D eigenvalue weighted by Crippen LogP contribution is -2.44. The number of carboxylic acids is 1. The van der Waals surface area contributed by atoms with Crippen LogP contribution >= 0.6 is 11.6 Å². The Hall–Kier alpha value is -3.26. The molecule has 0 fully saturated rings. The number of aliphatic carboxylic acids is 1. The molecule has 0 bridgehead atoms. The van der Waals surface area contributed by atoms with Crippen LogP contribution in [0.1, 0.15) is 31.9 Å². The smallest absolute Gasteiger partial charge is 0.411 e. The molecule has 2 aromatic rings. The Kier molecular flexibility index (Phi) is 8.27. The molecule has 0 heterocycles. The van der Waals surface area contributed by atoms with E-state index >= 15 is 0 Å². The summed E-state index contributed by atoms with van der Waals surface area (Å²) in [6, 6.07) is 12.4. The number of carboxylic acid groups (broad SMARTS) is 1. The fraction of sp³-hybridized carbons (Fsp3) is 0.318. The molecule has 0 aliphatic carbocycles. The summed E-state index contributed by atoms with van der Waals surface area (Å²) < 4.78 is 10.2. The first-order valence-corrected chi connectivity index (χ1v) is 9.90. The zero-order chi connectivity index (χ0) is 23.0. The molecule has 9 heteroatoms. The van der Waals surface area contributed by atoms with Crippen molar-refractivity contribution < 1.29 is 29.0 Å². The van der Waals surface area contributed by atoms with E-state index < -0.39 is 29.8 Å². The largest absolute Gasteiger partial charge is 0.480 e. The molecule has 1 unspecified atom stereocenters. The lowest BCUT2D eigenvalue weighted by atomic mass is 10.1. The third-order valence-electron chi connectivity index (χ3n) is 3.95. The van der Waals surface area contributed by atoms with Crippen molar-refractivity contribution in [1.82, 2.24) is 5.32 Å². The summed E-state index contributed by atoms with van der Waals surface area (Å²) in [5.74, 6) is -1.18. The molecule has 0 saturated heterocycles. The lowest BCUT2D eigenvalue weighted by Gasteiger charge is -2.22. The summed E-state index contributed by atoms with van der Waals surface area (Å²) in [5.41, 5.74) is 1.08. The highest BCUT2D eigenvalue weighted by Crippen LogP contribution is 2.17. The number of hydrogen-bond donors (Lipinski definition) is 3. The third-order valence-corrected chi connectivity index (χ3v) is 4.31.